The molecule has 1 aliphatic rings. The maximum absolute atomic E-state index is 3.87. The second-order valence-corrected chi connectivity index (χ2v) is 2.79. The van der Waals surface area contributed by atoms with Gasteiger partial charge >= 0.3 is 0 Å². The van der Waals surface area contributed by atoms with Gasteiger partial charge in [0.15, 0.2) is 0 Å². The first-order chi connectivity index (χ1) is 4.61. The van der Waals surface area contributed by atoms with E-state index in [1.54, 1.807) is 0 Å². The van der Waals surface area contributed by atoms with Crippen molar-refractivity contribution in [3.63, 3.8) is 0 Å². The smallest absolute Gasteiger partial charge is 0.0344 e. The minimum Gasteiger partial charge on any atom is -0.360 e. The summed E-state index contributed by atoms with van der Waals surface area (Å²) in [5.41, 5.74) is 3.27. The maximum atomic E-state index is 3.87. The van der Waals surface area contributed by atoms with Gasteiger partial charge in [0.25, 0.3) is 0 Å². The van der Waals surface area contributed by atoms with Crippen LogP contribution in [0, 0.1) is 5.92 Å². The first-order valence-corrected chi connectivity index (χ1v) is 3.45. The minimum absolute atomic E-state index is 0.624. The summed E-state index contributed by atoms with van der Waals surface area (Å²) in [5, 5.41) is 3.08. The molecule has 1 aliphatic carbocycles. The Labute approximate surface area is 62.1 Å². The molecule has 1 nitrogen and oxygen atoms in total. The molecule has 0 fully saturated rings. The van der Waals surface area contributed by atoms with Crippen molar-refractivity contribution in [3.05, 3.63) is 36.2 Å². The average molecular weight is 135 g/mol. The Kier molecular flexibility index (Phi) is 1.66. The van der Waals surface area contributed by atoms with Crippen molar-refractivity contribution in [1.29, 1.82) is 0 Å². The van der Waals surface area contributed by atoms with Crippen molar-refractivity contribution >= 4 is 0 Å². The topological polar surface area (TPSA) is 12.0 Å². The highest BCUT2D eigenvalue weighted by atomic mass is 14.9. The van der Waals surface area contributed by atoms with Crippen LogP contribution in [0.5, 0.6) is 0 Å². The van der Waals surface area contributed by atoms with Crippen molar-refractivity contribution in [1.82, 2.24) is 5.32 Å². The third-order valence-electron chi connectivity index (χ3n) is 1.52. The first-order valence-electron chi connectivity index (χ1n) is 3.45. The molecule has 1 atom stereocenters. The maximum Gasteiger partial charge on any atom is 0.0344 e. The summed E-state index contributed by atoms with van der Waals surface area (Å²) in [4.78, 5) is 0. The van der Waals surface area contributed by atoms with Crippen LogP contribution < -0.4 is 5.32 Å². The number of hydrogen-bond donors (Lipinski definition) is 1. The van der Waals surface area contributed by atoms with E-state index in [0.717, 1.165) is 11.4 Å². The zero-order valence-corrected chi connectivity index (χ0v) is 6.57. The molecule has 0 amide bonds. The fourth-order valence-electron chi connectivity index (χ4n) is 0.926. The first kappa shape index (κ1) is 7.13. The largest absolute Gasteiger partial charge is 0.360 e. The zero-order valence-electron chi connectivity index (χ0n) is 6.57. The van der Waals surface area contributed by atoms with Gasteiger partial charge in [0.05, 0.1) is 0 Å². The van der Waals surface area contributed by atoms with E-state index >= 15 is 0 Å². The van der Waals surface area contributed by atoms with E-state index in [4.69, 9.17) is 0 Å². The van der Waals surface area contributed by atoms with Crippen LogP contribution in [0.3, 0.4) is 0 Å². The Hall–Kier alpha value is -0.980. The second kappa shape index (κ2) is 2.33. The molecule has 1 rings (SSSR count). The van der Waals surface area contributed by atoms with Crippen LogP contribution in [0.4, 0.5) is 0 Å². The zero-order chi connectivity index (χ0) is 7.72. The summed E-state index contributed by atoms with van der Waals surface area (Å²) in [5.74, 6) is 0.624. The monoisotopic (exact) mass is 135 g/mol. The molecular weight excluding hydrogens is 122 g/mol. The standard InChI is InChI=1S/C9H13N/c1-6(2)10-8(4)9-5-7(9)3/h5,7,10H,1,4H2,2-3H3/t7-/m0/s1. The molecule has 0 heterocycles. The molecule has 0 saturated carbocycles. The lowest BCUT2D eigenvalue weighted by atomic mass is 10.2. The van der Waals surface area contributed by atoms with Gasteiger partial charge in [-0.2, -0.15) is 0 Å². The lowest BCUT2D eigenvalue weighted by molar-refractivity contribution is 0.948. The van der Waals surface area contributed by atoms with Crippen molar-refractivity contribution in [2.75, 3.05) is 0 Å². The Morgan fingerprint density at radius 3 is 2.40 bits per heavy atom. The molecule has 10 heavy (non-hydrogen) atoms. The van der Waals surface area contributed by atoms with Crippen LogP contribution in [-0.2, 0) is 0 Å². The molecule has 54 valence electrons. The summed E-state index contributed by atoms with van der Waals surface area (Å²) in [6.45, 7) is 11.7. The number of hydrogen-bond acceptors (Lipinski definition) is 1. The van der Waals surface area contributed by atoms with Gasteiger partial charge in [0.1, 0.15) is 0 Å². The van der Waals surface area contributed by atoms with Gasteiger partial charge in [-0.25, -0.2) is 0 Å². The fourth-order valence-corrected chi connectivity index (χ4v) is 0.926. The van der Waals surface area contributed by atoms with Gasteiger partial charge in [0.2, 0.25) is 0 Å². The lowest BCUT2D eigenvalue weighted by Gasteiger charge is -2.04. The van der Waals surface area contributed by atoms with Crippen molar-refractivity contribution in [3.8, 4) is 0 Å². The minimum atomic E-state index is 0.624. The summed E-state index contributed by atoms with van der Waals surface area (Å²) in [7, 11) is 0. The van der Waals surface area contributed by atoms with Gasteiger partial charge in [-0.05, 0) is 12.5 Å². The van der Waals surface area contributed by atoms with E-state index in [1.807, 2.05) is 6.92 Å². The molecule has 0 aromatic heterocycles. The second-order valence-electron chi connectivity index (χ2n) is 2.79. The highest BCUT2D eigenvalue weighted by Crippen LogP contribution is 2.32. The molecule has 0 radical (unpaired) electrons. The number of nitrogens with one attached hydrogen (secondary N) is 1. The molecule has 0 aromatic carbocycles. The van der Waals surface area contributed by atoms with Gasteiger partial charge in [-0.3, -0.25) is 0 Å². The molecule has 0 bridgehead atoms. The van der Waals surface area contributed by atoms with Gasteiger partial charge in [-0.15, -0.1) is 0 Å². The predicted octanol–water partition coefficient (Wildman–Crippen LogP) is 2.20. The molecule has 0 spiro atoms. The molecule has 0 aliphatic heterocycles. The van der Waals surface area contributed by atoms with Crippen molar-refractivity contribution in [2.24, 2.45) is 5.92 Å². The van der Waals surface area contributed by atoms with Crippen molar-refractivity contribution < 1.29 is 0 Å². The Morgan fingerprint density at radius 2 is 2.10 bits per heavy atom. The summed E-state index contributed by atoms with van der Waals surface area (Å²) < 4.78 is 0. The quantitative estimate of drug-likeness (QED) is 0.625. The van der Waals surface area contributed by atoms with E-state index in [1.165, 1.54) is 5.57 Å². The van der Waals surface area contributed by atoms with E-state index in [9.17, 15) is 0 Å². The van der Waals surface area contributed by atoms with Crippen LogP contribution in [0.2, 0.25) is 0 Å². The van der Waals surface area contributed by atoms with Crippen LogP contribution in [0.15, 0.2) is 36.2 Å². The SMILES string of the molecule is C=C(C)NC(=C)C1=C[C@@H]1C. The van der Waals surface area contributed by atoms with Crippen LogP contribution >= 0.6 is 0 Å². The van der Waals surface area contributed by atoms with Gasteiger partial charge in [-0.1, -0.05) is 26.2 Å². The number of allylic oxidation sites excluding steroid dienone is 3. The summed E-state index contributed by atoms with van der Waals surface area (Å²) >= 11 is 0. The van der Waals surface area contributed by atoms with Crippen LogP contribution in [0.1, 0.15) is 13.8 Å². The highest BCUT2D eigenvalue weighted by molar-refractivity contribution is 5.44. The van der Waals surface area contributed by atoms with Gasteiger partial charge < -0.3 is 5.32 Å². The predicted molar refractivity (Wildman–Crippen MR) is 44.3 cm³/mol. The van der Waals surface area contributed by atoms with E-state index in [2.05, 4.69) is 31.5 Å². The lowest BCUT2D eigenvalue weighted by Crippen LogP contribution is -2.07. The number of rotatable bonds is 3. The summed E-state index contributed by atoms with van der Waals surface area (Å²) in [6, 6.07) is 0. The third-order valence-corrected chi connectivity index (χ3v) is 1.52. The molecular formula is C9H13N. The van der Waals surface area contributed by atoms with Crippen LogP contribution in [0.25, 0.3) is 0 Å². The van der Waals surface area contributed by atoms with E-state index < -0.39 is 0 Å². The third kappa shape index (κ3) is 1.50. The molecule has 0 saturated heterocycles. The summed E-state index contributed by atoms with van der Waals surface area (Å²) in [6.07, 6.45) is 2.18. The molecule has 0 aromatic rings. The Morgan fingerprint density at radius 1 is 1.60 bits per heavy atom. The van der Waals surface area contributed by atoms with Crippen molar-refractivity contribution in [2.45, 2.75) is 13.8 Å². The van der Waals surface area contributed by atoms with E-state index in [0.29, 0.717) is 5.92 Å². The van der Waals surface area contributed by atoms with E-state index in [-0.39, 0.29) is 0 Å². The molecule has 0 unspecified atom stereocenters. The molecule has 1 heteroatoms. The fraction of sp³-hybridized carbons (Fsp3) is 0.333. The highest BCUT2D eigenvalue weighted by Gasteiger charge is 2.21. The Bertz CT molecular complexity index is 211. The van der Waals surface area contributed by atoms with Gasteiger partial charge in [0, 0.05) is 17.3 Å². The Balaban J connectivity index is 2.37. The van der Waals surface area contributed by atoms with Crippen LogP contribution in [-0.4, -0.2) is 0 Å². The normalized spacial score (nSPS) is 21.4. The molecule has 1 N–H and O–H groups in total. The average Bonchev–Trinajstić information content (AvgIpc) is 2.44.